The molecule has 0 bridgehead atoms. The molecular weight excluding hydrogens is 390 g/mol. The van der Waals surface area contributed by atoms with Crippen molar-refractivity contribution >= 4 is 34.2 Å². The molecule has 1 fully saturated rings. The fraction of sp³-hybridized carbons (Fsp3) is 0.476. The zero-order chi connectivity index (χ0) is 21.0. The van der Waals surface area contributed by atoms with Gasteiger partial charge >= 0.3 is 5.63 Å². The summed E-state index contributed by atoms with van der Waals surface area (Å²) >= 11 is 5.28. The third-order valence-electron chi connectivity index (χ3n) is 5.33. The standard InChI is InChI=1S/C21H27N3O4S/c1-12-6-4-5-7-17(12)22-21(29)24-23-20(26)14(3)27-15-8-9-16-13(2)10-19(25)28-18(16)11-15/h8-12,14,17H,4-7H2,1-3H3,(H,23,26)(H2,22,24,29)/t12-,14+,17+/m0/s1. The first-order chi connectivity index (χ1) is 13.8. The molecule has 0 saturated heterocycles. The number of hydrazine groups is 1. The number of amides is 1. The van der Waals surface area contributed by atoms with E-state index in [0.29, 0.717) is 28.4 Å². The average Bonchev–Trinajstić information content (AvgIpc) is 2.67. The minimum atomic E-state index is -0.770. The maximum Gasteiger partial charge on any atom is 0.336 e. The van der Waals surface area contributed by atoms with Gasteiger partial charge in [-0.25, -0.2) is 4.79 Å². The van der Waals surface area contributed by atoms with Crippen molar-refractivity contribution in [3.05, 3.63) is 40.2 Å². The molecule has 3 N–H and O–H groups in total. The van der Waals surface area contributed by atoms with Gasteiger partial charge in [-0.2, -0.15) is 0 Å². The fourth-order valence-corrected chi connectivity index (χ4v) is 3.79. The molecule has 156 valence electrons. The van der Waals surface area contributed by atoms with Crippen LogP contribution < -0.4 is 26.5 Å². The molecule has 1 aromatic carbocycles. The molecule has 1 aromatic heterocycles. The Morgan fingerprint density at radius 3 is 2.76 bits per heavy atom. The first-order valence-corrected chi connectivity index (χ1v) is 10.3. The molecule has 1 saturated carbocycles. The van der Waals surface area contributed by atoms with Crippen LogP contribution in [-0.2, 0) is 4.79 Å². The van der Waals surface area contributed by atoms with E-state index in [1.807, 2.05) is 6.92 Å². The van der Waals surface area contributed by atoms with Crippen molar-refractivity contribution < 1.29 is 13.9 Å². The van der Waals surface area contributed by atoms with Gasteiger partial charge in [0.15, 0.2) is 11.2 Å². The highest BCUT2D eigenvalue weighted by Crippen LogP contribution is 2.24. The lowest BCUT2D eigenvalue weighted by Gasteiger charge is -2.30. The molecule has 8 heteroatoms. The molecule has 1 amide bonds. The van der Waals surface area contributed by atoms with Crippen LogP contribution in [0.15, 0.2) is 33.5 Å². The van der Waals surface area contributed by atoms with Gasteiger partial charge in [0.25, 0.3) is 5.91 Å². The Bertz CT molecular complexity index is 959. The molecule has 29 heavy (non-hydrogen) atoms. The molecule has 3 atom stereocenters. The molecule has 0 unspecified atom stereocenters. The van der Waals surface area contributed by atoms with Crippen LogP contribution >= 0.6 is 12.2 Å². The molecule has 0 radical (unpaired) electrons. The second-order valence-electron chi connectivity index (χ2n) is 7.62. The van der Waals surface area contributed by atoms with Gasteiger partial charge in [-0.15, -0.1) is 0 Å². The normalized spacial score (nSPS) is 20.0. The van der Waals surface area contributed by atoms with Gasteiger partial charge in [0.2, 0.25) is 0 Å². The van der Waals surface area contributed by atoms with Crippen LogP contribution in [0.5, 0.6) is 5.75 Å². The molecule has 0 aliphatic heterocycles. The third kappa shape index (κ3) is 5.47. The molecule has 3 rings (SSSR count). The van der Waals surface area contributed by atoms with Crippen molar-refractivity contribution in [3.63, 3.8) is 0 Å². The Labute approximate surface area is 175 Å². The quantitative estimate of drug-likeness (QED) is 0.400. The number of hydrogen-bond donors (Lipinski definition) is 3. The van der Waals surface area contributed by atoms with Gasteiger partial charge in [0, 0.05) is 23.6 Å². The second-order valence-corrected chi connectivity index (χ2v) is 8.03. The molecule has 1 aliphatic rings. The van der Waals surface area contributed by atoms with Crippen LogP contribution in [0.3, 0.4) is 0 Å². The second kappa shape index (κ2) is 9.26. The number of aryl methyl sites for hydroxylation is 1. The zero-order valence-electron chi connectivity index (χ0n) is 16.9. The van der Waals surface area contributed by atoms with Crippen molar-refractivity contribution in [3.8, 4) is 5.75 Å². The minimum absolute atomic E-state index is 0.324. The predicted octanol–water partition coefficient (Wildman–Crippen LogP) is 2.94. The smallest absolute Gasteiger partial charge is 0.336 e. The predicted molar refractivity (Wildman–Crippen MR) is 116 cm³/mol. The van der Waals surface area contributed by atoms with E-state index in [4.69, 9.17) is 21.4 Å². The van der Waals surface area contributed by atoms with E-state index in [1.165, 1.54) is 25.3 Å². The van der Waals surface area contributed by atoms with E-state index in [-0.39, 0.29) is 5.91 Å². The van der Waals surface area contributed by atoms with Crippen molar-refractivity contribution in [2.75, 3.05) is 0 Å². The van der Waals surface area contributed by atoms with Crippen LogP contribution in [0.1, 0.15) is 45.1 Å². The lowest BCUT2D eigenvalue weighted by molar-refractivity contribution is -0.127. The summed E-state index contributed by atoms with van der Waals surface area (Å²) < 4.78 is 10.9. The summed E-state index contributed by atoms with van der Waals surface area (Å²) in [7, 11) is 0. The number of rotatable bonds is 4. The SMILES string of the molecule is Cc1cc(=O)oc2cc(O[C@H](C)C(=O)NNC(=S)N[C@@H]3CCCC[C@@H]3C)ccc12. The summed E-state index contributed by atoms with van der Waals surface area (Å²) in [5.74, 6) is 0.625. The van der Waals surface area contributed by atoms with Crippen molar-refractivity contribution in [1.29, 1.82) is 0 Å². The fourth-order valence-electron chi connectivity index (χ4n) is 3.59. The van der Waals surface area contributed by atoms with Crippen LogP contribution in [0.25, 0.3) is 11.0 Å². The number of carbonyl (C=O) groups excluding carboxylic acids is 1. The maximum atomic E-state index is 12.3. The van der Waals surface area contributed by atoms with Gasteiger partial charge in [-0.05, 0) is 62.5 Å². The van der Waals surface area contributed by atoms with Gasteiger partial charge in [-0.3, -0.25) is 15.6 Å². The first-order valence-electron chi connectivity index (χ1n) is 9.91. The van der Waals surface area contributed by atoms with E-state index in [1.54, 1.807) is 25.1 Å². The molecule has 0 spiro atoms. The Balaban J connectivity index is 1.53. The Morgan fingerprint density at radius 2 is 2.00 bits per heavy atom. The minimum Gasteiger partial charge on any atom is -0.481 e. The van der Waals surface area contributed by atoms with Crippen LogP contribution in [-0.4, -0.2) is 23.2 Å². The van der Waals surface area contributed by atoms with E-state index in [2.05, 4.69) is 23.1 Å². The molecule has 7 nitrogen and oxygen atoms in total. The van der Waals surface area contributed by atoms with Crippen molar-refractivity contribution in [2.24, 2.45) is 5.92 Å². The summed E-state index contributed by atoms with van der Waals surface area (Å²) in [5.41, 5.74) is 6.14. The van der Waals surface area contributed by atoms with E-state index >= 15 is 0 Å². The van der Waals surface area contributed by atoms with E-state index < -0.39 is 11.7 Å². The third-order valence-corrected chi connectivity index (χ3v) is 5.55. The molecule has 1 heterocycles. The van der Waals surface area contributed by atoms with Gasteiger partial charge in [-0.1, -0.05) is 19.8 Å². The summed E-state index contributed by atoms with van der Waals surface area (Å²) in [6.45, 7) is 5.68. The largest absolute Gasteiger partial charge is 0.481 e. The monoisotopic (exact) mass is 417 g/mol. The number of ether oxygens (including phenoxy) is 1. The first kappa shape index (κ1) is 21.1. The summed E-state index contributed by atoms with van der Waals surface area (Å²) in [4.78, 5) is 23.9. The zero-order valence-corrected chi connectivity index (χ0v) is 17.7. The van der Waals surface area contributed by atoms with Gasteiger partial charge in [0.1, 0.15) is 11.3 Å². The average molecular weight is 418 g/mol. The Morgan fingerprint density at radius 1 is 1.24 bits per heavy atom. The highest BCUT2D eigenvalue weighted by molar-refractivity contribution is 7.80. The van der Waals surface area contributed by atoms with Crippen LogP contribution in [0.2, 0.25) is 0 Å². The topological polar surface area (TPSA) is 92.6 Å². The van der Waals surface area contributed by atoms with Crippen LogP contribution in [0, 0.1) is 12.8 Å². The lowest BCUT2D eigenvalue weighted by atomic mass is 9.86. The molecular formula is C21H27N3O4S. The molecule has 2 aromatic rings. The Kier molecular flexibility index (Phi) is 6.74. The van der Waals surface area contributed by atoms with Gasteiger partial charge < -0.3 is 14.5 Å². The number of benzene rings is 1. The van der Waals surface area contributed by atoms with Gasteiger partial charge in [0.05, 0.1) is 0 Å². The van der Waals surface area contributed by atoms with E-state index in [0.717, 1.165) is 17.4 Å². The summed E-state index contributed by atoms with van der Waals surface area (Å²) in [6, 6.07) is 6.91. The van der Waals surface area contributed by atoms with Crippen molar-refractivity contribution in [2.45, 2.75) is 58.6 Å². The summed E-state index contributed by atoms with van der Waals surface area (Å²) in [6.07, 6.45) is 3.93. The van der Waals surface area contributed by atoms with Crippen molar-refractivity contribution in [1.82, 2.24) is 16.2 Å². The summed E-state index contributed by atoms with van der Waals surface area (Å²) in [5, 5.41) is 4.48. The lowest BCUT2D eigenvalue weighted by Crippen LogP contribution is -2.53. The Hall–Kier alpha value is -2.61. The number of hydrogen-bond acceptors (Lipinski definition) is 5. The number of fused-ring (bicyclic) bond motifs is 1. The van der Waals surface area contributed by atoms with E-state index in [9.17, 15) is 9.59 Å². The maximum absolute atomic E-state index is 12.3. The highest BCUT2D eigenvalue weighted by Gasteiger charge is 2.22. The number of nitrogens with one attached hydrogen (secondary N) is 3. The highest BCUT2D eigenvalue weighted by atomic mass is 32.1. The molecule has 1 aliphatic carbocycles. The van der Waals surface area contributed by atoms with Crippen LogP contribution in [0.4, 0.5) is 0 Å². The number of thiocarbonyl (C=S) groups is 1. The number of carbonyl (C=O) groups is 1.